The number of aryl methyl sites for hydroxylation is 2. The Hall–Kier alpha value is -2.18. The van der Waals surface area contributed by atoms with E-state index in [1.165, 1.54) is 24.2 Å². The molecule has 0 aromatic carbocycles. The molecule has 3 rings (SSSR count). The van der Waals surface area contributed by atoms with Crippen LogP contribution in [0.25, 0.3) is 15.9 Å². The topological polar surface area (TPSA) is 50.2 Å². The Kier molecular flexibility index (Phi) is 7.45. The molecule has 0 aliphatic rings. The predicted molar refractivity (Wildman–Crippen MR) is 122 cm³/mol. The van der Waals surface area contributed by atoms with Crippen molar-refractivity contribution in [3.8, 4) is 5.69 Å². The quantitative estimate of drug-likeness (QED) is 0.480. The summed E-state index contributed by atoms with van der Waals surface area (Å²) in [5.41, 5.74) is 3.07. The van der Waals surface area contributed by atoms with Crippen LogP contribution in [0.4, 0.5) is 0 Å². The van der Waals surface area contributed by atoms with Gasteiger partial charge in [-0.25, -0.2) is 4.98 Å². The highest BCUT2D eigenvalue weighted by atomic mass is 32.1. The van der Waals surface area contributed by atoms with Gasteiger partial charge in [0, 0.05) is 30.0 Å². The molecule has 0 bridgehead atoms. The molecule has 3 aromatic rings. The van der Waals surface area contributed by atoms with Gasteiger partial charge in [-0.2, -0.15) is 0 Å². The first-order valence-corrected chi connectivity index (χ1v) is 11.4. The van der Waals surface area contributed by atoms with Crippen molar-refractivity contribution in [3.63, 3.8) is 0 Å². The van der Waals surface area contributed by atoms with Gasteiger partial charge in [-0.1, -0.05) is 20.3 Å². The first-order valence-electron chi connectivity index (χ1n) is 10.6. The Morgan fingerprint density at radius 2 is 1.90 bits per heavy atom. The zero-order chi connectivity index (χ0) is 20.8. The number of fused-ring (bicyclic) bond motifs is 1. The third-order valence-electron chi connectivity index (χ3n) is 5.24. The summed E-state index contributed by atoms with van der Waals surface area (Å²) in [5, 5.41) is 4.20. The summed E-state index contributed by atoms with van der Waals surface area (Å²) in [5.74, 6) is -0.00893. The van der Waals surface area contributed by atoms with Gasteiger partial charge in [-0.05, 0) is 70.1 Å². The molecule has 0 saturated carbocycles. The lowest BCUT2D eigenvalue weighted by Gasteiger charge is -2.19. The third-order valence-corrected chi connectivity index (χ3v) is 6.31. The molecule has 0 radical (unpaired) electrons. The van der Waals surface area contributed by atoms with Gasteiger partial charge in [-0.15, -0.1) is 11.3 Å². The van der Waals surface area contributed by atoms with E-state index in [0.29, 0.717) is 6.54 Å². The Morgan fingerprint density at radius 3 is 2.59 bits per heavy atom. The van der Waals surface area contributed by atoms with Crippen molar-refractivity contribution in [2.75, 3.05) is 26.2 Å². The molecular weight excluding hydrogens is 380 g/mol. The van der Waals surface area contributed by atoms with Crippen LogP contribution < -0.4 is 5.32 Å². The van der Waals surface area contributed by atoms with Gasteiger partial charge in [-0.3, -0.25) is 4.79 Å². The molecule has 1 amide bonds. The van der Waals surface area contributed by atoms with E-state index < -0.39 is 0 Å². The van der Waals surface area contributed by atoms with Crippen LogP contribution in [0.5, 0.6) is 0 Å². The summed E-state index contributed by atoms with van der Waals surface area (Å²) in [7, 11) is 0. The molecule has 5 nitrogen and oxygen atoms in total. The number of amides is 1. The number of hydrogen-bond acceptors (Lipinski definition) is 4. The van der Waals surface area contributed by atoms with E-state index in [-0.39, 0.29) is 5.91 Å². The minimum absolute atomic E-state index is 0.00893. The number of aromatic nitrogens is 2. The largest absolute Gasteiger partial charge is 0.351 e. The maximum Gasteiger partial charge on any atom is 0.263 e. The Labute approximate surface area is 177 Å². The lowest BCUT2D eigenvalue weighted by Crippen LogP contribution is -2.30. The number of thiophene rings is 1. The molecule has 3 heterocycles. The molecule has 156 valence electrons. The SMILES string of the molecule is CCCCN(CC)CCCNC(=O)c1sc2nc(C)cc(C)c2c1-n1cccc1. The molecule has 0 aliphatic carbocycles. The summed E-state index contributed by atoms with van der Waals surface area (Å²) in [6, 6.07) is 6.05. The van der Waals surface area contributed by atoms with Crippen LogP contribution in [-0.2, 0) is 0 Å². The average molecular weight is 413 g/mol. The second kappa shape index (κ2) is 10.0. The van der Waals surface area contributed by atoms with E-state index in [0.717, 1.165) is 58.1 Å². The second-order valence-electron chi connectivity index (χ2n) is 7.53. The number of nitrogens with one attached hydrogen (secondary N) is 1. The van der Waals surface area contributed by atoms with Crippen molar-refractivity contribution >= 4 is 27.5 Å². The molecule has 0 fully saturated rings. The maximum atomic E-state index is 13.1. The van der Waals surface area contributed by atoms with Crippen LogP contribution in [0.2, 0.25) is 0 Å². The number of rotatable bonds is 10. The summed E-state index contributed by atoms with van der Waals surface area (Å²) >= 11 is 1.48. The van der Waals surface area contributed by atoms with Crippen LogP contribution in [0.3, 0.4) is 0 Å². The number of nitrogens with zero attached hydrogens (tertiary/aromatic N) is 3. The fraction of sp³-hybridized carbons (Fsp3) is 0.478. The van der Waals surface area contributed by atoms with E-state index in [1.54, 1.807) is 0 Å². The minimum Gasteiger partial charge on any atom is -0.351 e. The highest BCUT2D eigenvalue weighted by Gasteiger charge is 2.21. The smallest absolute Gasteiger partial charge is 0.263 e. The lowest BCUT2D eigenvalue weighted by molar-refractivity contribution is 0.0956. The number of carbonyl (C=O) groups is 1. The van der Waals surface area contributed by atoms with E-state index in [1.807, 2.05) is 36.0 Å². The second-order valence-corrected chi connectivity index (χ2v) is 8.53. The number of carbonyl (C=O) groups excluding carboxylic acids is 1. The van der Waals surface area contributed by atoms with Gasteiger partial charge >= 0.3 is 0 Å². The molecule has 0 unspecified atom stereocenters. The van der Waals surface area contributed by atoms with Crippen LogP contribution >= 0.6 is 11.3 Å². The number of hydrogen-bond donors (Lipinski definition) is 1. The van der Waals surface area contributed by atoms with Crippen molar-refractivity contribution in [1.82, 2.24) is 19.8 Å². The standard InChI is InChI=1S/C23H32N4OS/c1-5-7-12-26(6-2)13-10-11-24-22(28)21-20(27-14-8-9-15-27)19-17(3)16-18(4)25-23(19)29-21/h8-9,14-16H,5-7,10-13H2,1-4H3,(H,24,28). The fourth-order valence-electron chi connectivity index (χ4n) is 3.70. The lowest BCUT2D eigenvalue weighted by atomic mass is 10.1. The molecule has 0 saturated heterocycles. The van der Waals surface area contributed by atoms with Crippen LogP contribution in [0.1, 0.15) is 54.0 Å². The zero-order valence-corrected chi connectivity index (χ0v) is 18.8. The summed E-state index contributed by atoms with van der Waals surface area (Å²) in [4.78, 5) is 21.9. The molecule has 6 heteroatoms. The summed E-state index contributed by atoms with van der Waals surface area (Å²) in [6.45, 7) is 12.4. The van der Waals surface area contributed by atoms with Crippen molar-refractivity contribution in [1.29, 1.82) is 0 Å². The third kappa shape index (κ3) is 5.06. The molecule has 0 atom stereocenters. The number of pyridine rings is 1. The normalized spacial score (nSPS) is 11.5. The molecule has 0 spiro atoms. The molecule has 0 aliphatic heterocycles. The van der Waals surface area contributed by atoms with E-state index in [2.05, 4.69) is 42.0 Å². The highest BCUT2D eigenvalue weighted by Crippen LogP contribution is 2.35. The maximum absolute atomic E-state index is 13.1. The van der Waals surface area contributed by atoms with Gasteiger partial charge in [0.05, 0.1) is 5.69 Å². The van der Waals surface area contributed by atoms with Gasteiger partial charge in [0.15, 0.2) is 0 Å². The van der Waals surface area contributed by atoms with Crippen molar-refractivity contribution < 1.29 is 4.79 Å². The first kappa shape index (κ1) is 21.5. The van der Waals surface area contributed by atoms with Crippen molar-refractivity contribution in [2.24, 2.45) is 0 Å². The van der Waals surface area contributed by atoms with E-state index in [4.69, 9.17) is 0 Å². The van der Waals surface area contributed by atoms with Crippen LogP contribution in [0, 0.1) is 13.8 Å². The number of unbranched alkanes of at least 4 members (excludes halogenated alkanes) is 1. The molecular formula is C23H32N4OS. The molecule has 29 heavy (non-hydrogen) atoms. The Bertz CT molecular complexity index is 946. The van der Waals surface area contributed by atoms with Gasteiger partial charge in [0.1, 0.15) is 9.71 Å². The summed E-state index contributed by atoms with van der Waals surface area (Å²) < 4.78 is 2.03. The summed E-state index contributed by atoms with van der Waals surface area (Å²) in [6.07, 6.45) is 7.39. The van der Waals surface area contributed by atoms with Crippen LogP contribution in [-0.4, -0.2) is 46.5 Å². The van der Waals surface area contributed by atoms with Gasteiger partial charge in [0.25, 0.3) is 5.91 Å². The predicted octanol–water partition coefficient (Wildman–Crippen LogP) is 4.95. The van der Waals surface area contributed by atoms with Crippen molar-refractivity contribution in [2.45, 2.75) is 47.0 Å². The minimum atomic E-state index is -0.00893. The van der Waals surface area contributed by atoms with Crippen LogP contribution in [0.15, 0.2) is 30.6 Å². The first-order chi connectivity index (χ1) is 14.0. The van der Waals surface area contributed by atoms with E-state index in [9.17, 15) is 4.79 Å². The molecule has 3 aromatic heterocycles. The van der Waals surface area contributed by atoms with Crippen molar-refractivity contribution in [3.05, 3.63) is 46.7 Å². The Morgan fingerprint density at radius 1 is 1.17 bits per heavy atom. The van der Waals surface area contributed by atoms with Gasteiger partial charge in [0.2, 0.25) is 0 Å². The Balaban J connectivity index is 1.76. The zero-order valence-electron chi connectivity index (χ0n) is 18.0. The monoisotopic (exact) mass is 412 g/mol. The van der Waals surface area contributed by atoms with E-state index >= 15 is 0 Å². The average Bonchev–Trinajstić information content (AvgIpc) is 3.34. The van der Waals surface area contributed by atoms with Gasteiger partial charge < -0.3 is 14.8 Å². The fourth-order valence-corrected chi connectivity index (χ4v) is 4.91. The molecule has 1 N–H and O–H groups in total. The highest BCUT2D eigenvalue weighted by molar-refractivity contribution is 7.21.